The molecule has 2 N–H and O–H groups in total. The Hall–Kier alpha value is -2.95. The van der Waals surface area contributed by atoms with Crippen LogP contribution in [0.3, 0.4) is 0 Å². The van der Waals surface area contributed by atoms with Gasteiger partial charge in [0.25, 0.3) is 11.8 Å². The quantitative estimate of drug-likeness (QED) is 0.624. The van der Waals surface area contributed by atoms with Crippen molar-refractivity contribution in [1.82, 2.24) is 10.3 Å². The molecule has 5 nitrogen and oxygen atoms in total. The van der Waals surface area contributed by atoms with Crippen LogP contribution in [0, 0.1) is 0 Å². The number of imide groups is 1. The molecule has 0 saturated carbocycles. The average molecular weight is 290 g/mol. The van der Waals surface area contributed by atoms with Gasteiger partial charge in [0.05, 0.1) is 16.6 Å². The number of H-pyrrole nitrogens is 1. The average Bonchev–Trinajstić information content (AvgIpc) is 3.14. The number of para-hydroxylation sites is 1. The van der Waals surface area contributed by atoms with Crippen LogP contribution in [0.1, 0.15) is 43.1 Å². The molecular weight excluding hydrogens is 280 g/mol. The van der Waals surface area contributed by atoms with E-state index in [1.807, 2.05) is 24.3 Å². The molecule has 5 rings (SSSR count). The number of Topliss-reactive ketones (excluding diaryl/α,β-unsaturated/α-hetero) is 1. The van der Waals surface area contributed by atoms with Crippen LogP contribution in [-0.4, -0.2) is 22.6 Å². The standard InChI is InChI=1S/C17H10N2O3/c20-10-6-5-8-11(10)13-14(17(22)19-16(13)21)12-7-3-1-2-4-9(7)18-15(8)12/h1-4,18H,5-6H2,(H,19,21,22). The first-order valence-corrected chi connectivity index (χ1v) is 7.15. The van der Waals surface area contributed by atoms with Gasteiger partial charge in [0.1, 0.15) is 0 Å². The molecule has 2 heterocycles. The predicted molar refractivity (Wildman–Crippen MR) is 80.3 cm³/mol. The predicted octanol–water partition coefficient (Wildman–Crippen LogP) is 2.33. The zero-order valence-corrected chi connectivity index (χ0v) is 11.4. The Morgan fingerprint density at radius 1 is 0.864 bits per heavy atom. The van der Waals surface area contributed by atoms with Gasteiger partial charge in [-0.05, 0) is 18.1 Å². The van der Waals surface area contributed by atoms with E-state index in [9.17, 15) is 14.4 Å². The maximum Gasteiger partial charge on any atom is 0.259 e. The van der Waals surface area contributed by atoms with Crippen LogP contribution >= 0.6 is 0 Å². The largest absolute Gasteiger partial charge is 0.354 e. The number of hydrogen-bond donors (Lipinski definition) is 2. The molecule has 2 amide bonds. The molecule has 0 saturated heterocycles. The molecule has 1 aromatic heterocycles. The molecule has 1 aliphatic carbocycles. The van der Waals surface area contributed by atoms with Crippen molar-refractivity contribution in [1.29, 1.82) is 0 Å². The van der Waals surface area contributed by atoms with E-state index in [1.165, 1.54) is 0 Å². The van der Waals surface area contributed by atoms with Crippen molar-refractivity contribution >= 4 is 39.4 Å². The third-order valence-corrected chi connectivity index (χ3v) is 4.62. The summed E-state index contributed by atoms with van der Waals surface area (Å²) in [6.07, 6.45) is 0.990. The maximum absolute atomic E-state index is 12.3. The minimum Gasteiger partial charge on any atom is -0.354 e. The lowest BCUT2D eigenvalue weighted by molar-refractivity contribution is 0.0875. The van der Waals surface area contributed by atoms with Crippen LogP contribution in [0.15, 0.2) is 24.3 Å². The van der Waals surface area contributed by atoms with Gasteiger partial charge in [-0.25, -0.2) is 0 Å². The molecule has 106 valence electrons. The third kappa shape index (κ3) is 1.18. The number of amides is 2. The van der Waals surface area contributed by atoms with Gasteiger partial charge >= 0.3 is 0 Å². The van der Waals surface area contributed by atoms with Crippen LogP contribution < -0.4 is 5.32 Å². The van der Waals surface area contributed by atoms with E-state index >= 15 is 0 Å². The van der Waals surface area contributed by atoms with E-state index in [0.717, 1.165) is 27.4 Å². The number of aromatic nitrogens is 1. The topological polar surface area (TPSA) is 79.0 Å². The van der Waals surface area contributed by atoms with E-state index in [1.54, 1.807) is 0 Å². The highest BCUT2D eigenvalue weighted by Gasteiger charge is 2.39. The van der Waals surface area contributed by atoms with Crippen LogP contribution in [0.25, 0.3) is 21.8 Å². The maximum atomic E-state index is 12.3. The number of aromatic amines is 1. The van der Waals surface area contributed by atoms with Gasteiger partial charge in [-0.15, -0.1) is 0 Å². The molecule has 2 aromatic carbocycles. The number of aryl methyl sites for hydroxylation is 1. The van der Waals surface area contributed by atoms with Gasteiger partial charge in [0.2, 0.25) is 0 Å². The molecule has 0 unspecified atom stereocenters. The molecule has 0 atom stereocenters. The van der Waals surface area contributed by atoms with Crippen molar-refractivity contribution < 1.29 is 14.4 Å². The Morgan fingerprint density at radius 2 is 1.64 bits per heavy atom. The lowest BCUT2D eigenvalue weighted by atomic mass is 9.93. The van der Waals surface area contributed by atoms with Crippen LogP contribution in [0.5, 0.6) is 0 Å². The fourth-order valence-corrected chi connectivity index (χ4v) is 3.76. The second-order valence-corrected chi connectivity index (χ2v) is 5.73. The molecule has 3 aromatic rings. The Kier molecular flexibility index (Phi) is 1.92. The van der Waals surface area contributed by atoms with Crippen molar-refractivity contribution in [3.8, 4) is 0 Å². The number of benzene rings is 2. The van der Waals surface area contributed by atoms with E-state index in [0.29, 0.717) is 24.0 Å². The fourth-order valence-electron chi connectivity index (χ4n) is 3.76. The summed E-state index contributed by atoms with van der Waals surface area (Å²) < 4.78 is 0. The number of carbonyl (C=O) groups is 3. The Balaban J connectivity index is 2.13. The summed E-state index contributed by atoms with van der Waals surface area (Å²) in [5.74, 6) is -0.937. The van der Waals surface area contributed by atoms with E-state index < -0.39 is 11.8 Å². The first-order valence-electron chi connectivity index (χ1n) is 7.15. The normalized spacial score (nSPS) is 16.5. The smallest absolute Gasteiger partial charge is 0.259 e. The first-order chi connectivity index (χ1) is 10.7. The van der Waals surface area contributed by atoms with Crippen molar-refractivity contribution in [2.75, 3.05) is 0 Å². The highest BCUT2D eigenvalue weighted by molar-refractivity contribution is 6.34. The van der Waals surface area contributed by atoms with Crippen LogP contribution in [0.2, 0.25) is 0 Å². The minimum atomic E-state index is -0.460. The zero-order valence-electron chi connectivity index (χ0n) is 11.4. The summed E-state index contributed by atoms with van der Waals surface area (Å²) in [4.78, 5) is 40.0. The second kappa shape index (κ2) is 3.62. The number of nitrogens with one attached hydrogen (secondary N) is 2. The van der Waals surface area contributed by atoms with Gasteiger partial charge in [-0.1, -0.05) is 18.2 Å². The Bertz CT molecular complexity index is 1060. The fraction of sp³-hybridized carbons (Fsp3) is 0.118. The molecule has 0 radical (unpaired) electrons. The number of fused-ring (bicyclic) bond motifs is 8. The molecule has 0 fully saturated rings. The van der Waals surface area contributed by atoms with Gasteiger partial charge in [-0.2, -0.15) is 0 Å². The van der Waals surface area contributed by atoms with Crippen molar-refractivity contribution in [3.63, 3.8) is 0 Å². The molecular formula is C17H10N2O3. The molecule has 22 heavy (non-hydrogen) atoms. The number of hydrogen-bond acceptors (Lipinski definition) is 3. The van der Waals surface area contributed by atoms with Crippen molar-refractivity contribution in [2.24, 2.45) is 0 Å². The van der Waals surface area contributed by atoms with E-state index in [-0.39, 0.29) is 11.3 Å². The summed E-state index contributed by atoms with van der Waals surface area (Å²) in [5, 5.41) is 3.99. The highest BCUT2D eigenvalue weighted by atomic mass is 16.2. The zero-order chi connectivity index (χ0) is 15.0. The lowest BCUT2D eigenvalue weighted by Crippen LogP contribution is -2.20. The minimum absolute atomic E-state index is 0.0587. The summed E-state index contributed by atoms with van der Waals surface area (Å²) in [6.45, 7) is 0. The van der Waals surface area contributed by atoms with Gasteiger partial charge in [-0.3, -0.25) is 19.7 Å². The SMILES string of the molecule is O=C1CCc2c1c1c(c3c2[nH]c2ccccc23)C(=O)NC1=O. The first kappa shape index (κ1) is 11.7. The Labute approximate surface area is 124 Å². The van der Waals surface area contributed by atoms with Crippen molar-refractivity contribution in [3.05, 3.63) is 46.5 Å². The van der Waals surface area contributed by atoms with Gasteiger partial charge in [0, 0.05) is 28.3 Å². The monoisotopic (exact) mass is 290 g/mol. The van der Waals surface area contributed by atoms with Crippen LogP contribution in [-0.2, 0) is 6.42 Å². The number of carbonyl (C=O) groups excluding carboxylic acids is 3. The van der Waals surface area contributed by atoms with E-state index in [4.69, 9.17) is 0 Å². The summed E-state index contributed by atoms with van der Waals surface area (Å²) in [5.41, 5.74) is 3.61. The van der Waals surface area contributed by atoms with Crippen LogP contribution in [0.4, 0.5) is 0 Å². The van der Waals surface area contributed by atoms with Gasteiger partial charge < -0.3 is 4.98 Å². The van der Waals surface area contributed by atoms with E-state index in [2.05, 4.69) is 10.3 Å². The Morgan fingerprint density at radius 3 is 2.50 bits per heavy atom. The number of rotatable bonds is 0. The van der Waals surface area contributed by atoms with Crippen molar-refractivity contribution in [2.45, 2.75) is 12.8 Å². The summed E-state index contributed by atoms with van der Waals surface area (Å²) >= 11 is 0. The second-order valence-electron chi connectivity index (χ2n) is 5.73. The molecule has 0 bridgehead atoms. The summed E-state index contributed by atoms with van der Waals surface area (Å²) in [6, 6.07) is 7.66. The molecule has 2 aliphatic rings. The lowest BCUT2D eigenvalue weighted by Gasteiger charge is -2.06. The molecule has 5 heteroatoms. The molecule has 1 aliphatic heterocycles. The summed E-state index contributed by atoms with van der Waals surface area (Å²) in [7, 11) is 0. The molecule has 0 spiro atoms. The third-order valence-electron chi connectivity index (χ3n) is 4.62. The highest BCUT2D eigenvalue weighted by Crippen LogP contribution is 2.40. The number of ketones is 1. The van der Waals surface area contributed by atoms with Gasteiger partial charge in [0.15, 0.2) is 5.78 Å².